The fourth-order valence-corrected chi connectivity index (χ4v) is 1.62. The summed E-state index contributed by atoms with van der Waals surface area (Å²) >= 11 is -10.8. The normalized spacial score (nSPS) is 20.1. The van der Waals surface area contributed by atoms with Crippen molar-refractivity contribution in [3.63, 3.8) is 0 Å². The van der Waals surface area contributed by atoms with E-state index in [-0.39, 0.29) is 0 Å². The Labute approximate surface area is 93.9 Å². The highest BCUT2D eigenvalue weighted by molar-refractivity contribution is 7.78. The molecule has 3 N–H and O–H groups in total. The monoisotopic (exact) mass is 307 g/mol. The molecule has 0 bridgehead atoms. The first-order chi connectivity index (χ1) is 7.20. The van der Waals surface area contributed by atoms with Crippen molar-refractivity contribution in [2.24, 2.45) is 0 Å². The predicted molar refractivity (Wildman–Crippen MR) is 44.9 cm³/mol. The van der Waals surface area contributed by atoms with Gasteiger partial charge in [-0.25, -0.2) is 12.6 Å². The Kier molecular flexibility index (Phi) is 6.67. The van der Waals surface area contributed by atoms with Crippen molar-refractivity contribution in [1.29, 1.82) is 0 Å². The molecule has 16 heavy (non-hydrogen) atoms. The van der Waals surface area contributed by atoms with Crippen LogP contribution in [-0.2, 0) is 33.8 Å². The number of halogens is 3. The first-order valence-corrected chi connectivity index (χ1v) is 6.07. The Morgan fingerprint density at radius 1 is 0.750 bits per heavy atom. The van der Waals surface area contributed by atoms with Crippen molar-refractivity contribution in [1.82, 2.24) is 13.6 Å². The highest BCUT2D eigenvalue weighted by Crippen LogP contribution is 2.17. The van der Waals surface area contributed by atoms with E-state index in [2.05, 4.69) is 0 Å². The van der Waals surface area contributed by atoms with Crippen LogP contribution in [0.1, 0.15) is 0 Å². The zero-order valence-corrected chi connectivity index (χ0v) is 9.29. The third-order valence-electron chi connectivity index (χ3n) is 0.992. The summed E-state index contributed by atoms with van der Waals surface area (Å²) in [6.45, 7) is 0. The van der Waals surface area contributed by atoms with Gasteiger partial charge in [0.15, 0.2) is 0 Å². The van der Waals surface area contributed by atoms with Gasteiger partial charge in [0.1, 0.15) is 0 Å². The van der Waals surface area contributed by atoms with Crippen molar-refractivity contribution >= 4 is 33.8 Å². The largest absolute Gasteiger partial charge is 0.292 e. The van der Waals surface area contributed by atoms with Gasteiger partial charge in [-0.1, -0.05) is 0 Å². The average molecular weight is 307 g/mol. The van der Waals surface area contributed by atoms with Crippen molar-refractivity contribution in [3.05, 3.63) is 0 Å². The Bertz CT molecular complexity index is 269. The molecule has 0 aliphatic rings. The van der Waals surface area contributed by atoms with Crippen molar-refractivity contribution < 1.29 is 39.7 Å². The Morgan fingerprint density at radius 3 is 1.06 bits per heavy atom. The second-order valence-corrected chi connectivity index (χ2v) is 4.29. The lowest BCUT2D eigenvalue weighted by Crippen LogP contribution is -2.51. The smallest absolute Gasteiger partial charge is 0.266 e. The number of hydrogen-bond acceptors (Lipinski definition) is 3. The SMILES string of the molecule is O=S(O)N(F)C(N(F)S(=O)O)N(F)S(=O)O. The van der Waals surface area contributed by atoms with Gasteiger partial charge < -0.3 is 0 Å². The maximum absolute atomic E-state index is 12.6. The minimum Gasteiger partial charge on any atom is -0.292 e. The Morgan fingerprint density at radius 2 is 0.938 bits per heavy atom. The van der Waals surface area contributed by atoms with Gasteiger partial charge in [-0.3, -0.25) is 13.7 Å². The van der Waals surface area contributed by atoms with Crippen LogP contribution < -0.4 is 0 Å². The van der Waals surface area contributed by atoms with Gasteiger partial charge in [0, 0.05) is 13.6 Å². The first-order valence-electron chi connectivity index (χ1n) is 2.88. The summed E-state index contributed by atoms with van der Waals surface area (Å²) in [5.74, 6) is 0. The molecular weight excluding hydrogens is 303 g/mol. The molecule has 15 heteroatoms. The number of nitrogens with zero attached hydrogens (tertiary/aromatic N) is 3. The van der Waals surface area contributed by atoms with E-state index in [4.69, 9.17) is 13.7 Å². The van der Waals surface area contributed by atoms with Crippen LogP contribution in [0.3, 0.4) is 0 Å². The van der Waals surface area contributed by atoms with Crippen molar-refractivity contribution in [2.45, 2.75) is 6.29 Å². The highest BCUT2D eigenvalue weighted by Gasteiger charge is 2.42. The summed E-state index contributed by atoms with van der Waals surface area (Å²) in [5.41, 5.74) is 0. The zero-order chi connectivity index (χ0) is 13.0. The molecule has 3 atom stereocenters. The average Bonchev–Trinajstić information content (AvgIpc) is 2.16. The second kappa shape index (κ2) is 6.67. The van der Waals surface area contributed by atoms with E-state index in [1.54, 1.807) is 0 Å². The summed E-state index contributed by atoms with van der Waals surface area (Å²) in [5, 5.41) is 0. The lowest BCUT2D eigenvalue weighted by atomic mass is 11.0. The molecular formula is CH4F3N3O6S3. The lowest BCUT2D eigenvalue weighted by molar-refractivity contribution is -0.156. The molecule has 9 nitrogen and oxygen atoms in total. The highest BCUT2D eigenvalue weighted by atomic mass is 32.2. The predicted octanol–water partition coefficient (Wildman–Crippen LogP) is -0.760. The minimum absolute atomic E-state index is 1.51. The molecule has 0 radical (unpaired) electrons. The zero-order valence-electron chi connectivity index (χ0n) is 6.84. The maximum atomic E-state index is 12.6. The first kappa shape index (κ1) is 16.0. The van der Waals surface area contributed by atoms with Gasteiger partial charge in [-0.2, -0.15) is 0 Å². The molecule has 0 aliphatic carbocycles. The fraction of sp³-hybridized carbons (Fsp3) is 1.00. The van der Waals surface area contributed by atoms with Gasteiger partial charge in [0.2, 0.25) is 6.29 Å². The molecule has 0 heterocycles. The van der Waals surface area contributed by atoms with Crippen molar-refractivity contribution in [2.75, 3.05) is 0 Å². The van der Waals surface area contributed by atoms with Gasteiger partial charge in [0.05, 0.1) is 0 Å². The molecule has 0 saturated carbocycles. The minimum atomic E-state index is -3.60. The van der Waals surface area contributed by atoms with E-state index >= 15 is 0 Å². The number of rotatable bonds is 6. The third-order valence-corrected chi connectivity index (χ3v) is 2.45. The Balaban J connectivity index is 5.12. The van der Waals surface area contributed by atoms with E-state index in [0.29, 0.717) is 0 Å². The van der Waals surface area contributed by atoms with E-state index in [1.165, 1.54) is 0 Å². The van der Waals surface area contributed by atoms with E-state index in [0.717, 1.165) is 0 Å². The molecule has 3 unspecified atom stereocenters. The molecule has 0 rings (SSSR count). The molecule has 0 aromatic heterocycles. The molecule has 0 amide bonds. The maximum Gasteiger partial charge on any atom is 0.266 e. The molecule has 0 aromatic carbocycles. The van der Waals surface area contributed by atoms with E-state index in [9.17, 15) is 26.1 Å². The third kappa shape index (κ3) is 4.11. The van der Waals surface area contributed by atoms with Gasteiger partial charge in [-0.15, -0.1) is 13.4 Å². The standard InChI is InChI=1S/CH4F3N3O6S3/c2-5(14(8)9)1(6(3)15(10)11)7(4)16(12)13/h1H,(H,8,9)(H,10,11)(H,12,13). The van der Waals surface area contributed by atoms with E-state index in [1.807, 2.05) is 0 Å². The number of hydrogen-bond donors (Lipinski definition) is 3. The Hall–Kier alpha value is -0.000000000000000132. The molecule has 0 spiro atoms. The van der Waals surface area contributed by atoms with Crippen LogP contribution in [0.4, 0.5) is 13.4 Å². The van der Waals surface area contributed by atoms with Gasteiger partial charge in [-0.05, 0) is 0 Å². The lowest BCUT2D eigenvalue weighted by Gasteiger charge is -2.24. The quantitative estimate of drug-likeness (QED) is 0.337. The topological polar surface area (TPSA) is 122 Å². The second-order valence-electron chi connectivity index (χ2n) is 1.85. The van der Waals surface area contributed by atoms with Crippen molar-refractivity contribution in [3.8, 4) is 0 Å². The molecule has 0 saturated heterocycles. The van der Waals surface area contributed by atoms with Crippen LogP contribution >= 0.6 is 0 Å². The van der Waals surface area contributed by atoms with Gasteiger partial charge in [0.25, 0.3) is 33.8 Å². The van der Waals surface area contributed by atoms with Crippen LogP contribution in [0.25, 0.3) is 0 Å². The summed E-state index contributed by atoms with van der Waals surface area (Å²) in [6, 6.07) is 0. The molecule has 0 aliphatic heterocycles. The molecule has 98 valence electrons. The van der Waals surface area contributed by atoms with Crippen LogP contribution in [0.5, 0.6) is 0 Å². The summed E-state index contributed by atoms with van der Waals surface area (Å²) < 4.78 is 88.1. The summed E-state index contributed by atoms with van der Waals surface area (Å²) in [7, 11) is 0. The molecule has 0 aromatic rings. The molecule has 0 fully saturated rings. The van der Waals surface area contributed by atoms with E-state index < -0.39 is 53.7 Å². The summed E-state index contributed by atoms with van der Waals surface area (Å²) in [6.07, 6.45) is -3.29. The van der Waals surface area contributed by atoms with Crippen LogP contribution in [0, 0.1) is 0 Å². The van der Waals surface area contributed by atoms with Crippen LogP contribution in [0.2, 0.25) is 0 Å². The fourth-order valence-electron chi connectivity index (χ4n) is 0.456. The van der Waals surface area contributed by atoms with Crippen LogP contribution in [0.15, 0.2) is 0 Å². The van der Waals surface area contributed by atoms with Gasteiger partial charge >= 0.3 is 0 Å². The summed E-state index contributed by atoms with van der Waals surface area (Å²) in [4.78, 5) is 0. The van der Waals surface area contributed by atoms with Crippen LogP contribution in [-0.4, -0.2) is 46.2 Å².